The zero-order valence-corrected chi connectivity index (χ0v) is 14.6. The molecule has 21 heavy (non-hydrogen) atoms. The molecule has 0 fully saturated rings. The van der Waals surface area contributed by atoms with Crippen LogP contribution in [-0.4, -0.2) is 28.7 Å². The Morgan fingerprint density at radius 3 is 2.62 bits per heavy atom. The molecule has 1 aromatic rings. The molecular formula is C13H20BrFN2O3S. The van der Waals surface area contributed by atoms with Crippen LogP contribution in [0.1, 0.15) is 20.3 Å². The van der Waals surface area contributed by atoms with E-state index in [1.54, 1.807) is 7.11 Å². The van der Waals surface area contributed by atoms with Gasteiger partial charge < -0.3 is 10.5 Å². The van der Waals surface area contributed by atoms with Crippen molar-refractivity contribution in [3.05, 3.63) is 22.4 Å². The van der Waals surface area contributed by atoms with Crippen LogP contribution in [0.5, 0.6) is 0 Å². The number of rotatable bonds is 7. The summed E-state index contributed by atoms with van der Waals surface area (Å²) in [7, 11) is -2.39. The molecule has 0 aliphatic heterocycles. The topological polar surface area (TPSA) is 81.4 Å². The van der Waals surface area contributed by atoms with Crippen molar-refractivity contribution in [1.29, 1.82) is 0 Å². The average Bonchev–Trinajstić information content (AvgIpc) is 2.38. The molecule has 0 saturated heterocycles. The van der Waals surface area contributed by atoms with Gasteiger partial charge in [0.25, 0.3) is 0 Å². The molecule has 0 saturated carbocycles. The Kier molecular flexibility index (Phi) is 6.15. The van der Waals surface area contributed by atoms with Gasteiger partial charge in [-0.05, 0) is 39.9 Å². The normalized spacial score (nSPS) is 12.6. The number of ether oxygens (including phenoxy) is 1. The zero-order chi connectivity index (χ0) is 16.3. The number of hydrogen-bond donors (Lipinski definition) is 2. The summed E-state index contributed by atoms with van der Waals surface area (Å²) in [5.41, 5.74) is 5.43. The third kappa shape index (κ3) is 5.21. The lowest BCUT2D eigenvalue weighted by Crippen LogP contribution is -2.35. The second-order valence-electron chi connectivity index (χ2n) is 5.55. The minimum atomic E-state index is -3.97. The third-order valence-corrected chi connectivity index (χ3v) is 5.01. The van der Waals surface area contributed by atoms with E-state index < -0.39 is 20.7 Å². The molecule has 0 atom stereocenters. The van der Waals surface area contributed by atoms with Gasteiger partial charge in [-0.2, -0.15) is 0 Å². The number of benzene rings is 1. The Hall–Kier alpha value is -0.700. The molecule has 0 amide bonds. The molecule has 0 aromatic heterocycles. The molecule has 0 aliphatic carbocycles. The Bertz CT molecular complexity index is 606. The Labute approximate surface area is 133 Å². The highest BCUT2D eigenvalue weighted by atomic mass is 79.9. The van der Waals surface area contributed by atoms with Gasteiger partial charge in [-0.3, -0.25) is 0 Å². The van der Waals surface area contributed by atoms with Gasteiger partial charge in [-0.25, -0.2) is 17.5 Å². The number of nitrogens with two attached hydrogens (primary N) is 1. The molecule has 3 N–H and O–H groups in total. The molecule has 0 aliphatic rings. The van der Waals surface area contributed by atoms with E-state index in [-0.39, 0.29) is 22.1 Å². The van der Waals surface area contributed by atoms with Crippen molar-refractivity contribution in [2.45, 2.75) is 25.2 Å². The molecule has 8 heteroatoms. The lowest BCUT2D eigenvalue weighted by molar-refractivity contribution is 0.153. The first kappa shape index (κ1) is 18.3. The largest absolute Gasteiger partial charge is 0.399 e. The van der Waals surface area contributed by atoms with Crippen LogP contribution in [0.2, 0.25) is 0 Å². The van der Waals surface area contributed by atoms with Crippen LogP contribution >= 0.6 is 15.9 Å². The van der Waals surface area contributed by atoms with Crippen molar-refractivity contribution in [2.24, 2.45) is 5.41 Å². The second kappa shape index (κ2) is 7.04. The van der Waals surface area contributed by atoms with Gasteiger partial charge in [0.1, 0.15) is 4.90 Å². The Balaban J connectivity index is 2.93. The summed E-state index contributed by atoms with van der Waals surface area (Å²) in [6.07, 6.45) is 0.676. The fourth-order valence-corrected chi connectivity index (χ4v) is 3.60. The predicted octanol–water partition coefficient (Wildman–Crippen LogP) is 2.51. The van der Waals surface area contributed by atoms with E-state index in [2.05, 4.69) is 20.7 Å². The van der Waals surface area contributed by atoms with E-state index in [0.717, 1.165) is 6.07 Å². The molecule has 1 aromatic carbocycles. The van der Waals surface area contributed by atoms with Gasteiger partial charge in [0.15, 0.2) is 5.82 Å². The first-order chi connectivity index (χ1) is 9.59. The highest BCUT2D eigenvalue weighted by Gasteiger charge is 2.25. The van der Waals surface area contributed by atoms with Crippen LogP contribution in [0.25, 0.3) is 0 Å². The average molecular weight is 383 g/mol. The van der Waals surface area contributed by atoms with E-state index in [1.165, 1.54) is 6.07 Å². The molecule has 0 spiro atoms. The quantitative estimate of drug-likeness (QED) is 0.709. The van der Waals surface area contributed by atoms with Crippen molar-refractivity contribution >= 4 is 31.6 Å². The van der Waals surface area contributed by atoms with Crippen LogP contribution in [0.3, 0.4) is 0 Å². The van der Waals surface area contributed by atoms with Gasteiger partial charge in [0, 0.05) is 25.9 Å². The SMILES string of the molecule is COCCC(C)(C)CNS(=O)(=O)c1cc(N)cc(Br)c1F. The summed E-state index contributed by atoms with van der Waals surface area (Å²) in [6.45, 7) is 4.50. The first-order valence-electron chi connectivity index (χ1n) is 6.32. The van der Waals surface area contributed by atoms with Crippen LogP contribution < -0.4 is 10.5 Å². The number of nitrogens with one attached hydrogen (secondary N) is 1. The van der Waals surface area contributed by atoms with Gasteiger partial charge in [-0.1, -0.05) is 13.8 Å². The Morgan fingerprint density at radius 1 is 1.43 bits per heavy atom. The van der Waals surface area contributed by atoms with E-state index in [0.29, 0.717) is 13.0 Å². The fraction of sp³-hybridized carbons (Fsp3) is 0.538. The van der Waals surface area contributed by atoms with Crippen LogP contribution in [-0.2, 0) is 14.8 Å². The molecule has 1 rings (SSSR count). The van der Waals surface area contributed by atoms with Gasteiger partial charge in [0.2, 0.25) is 10.0 Å². The Morgan fingerprint density at radius 2 is 2.05 bits per heavy atom. The van der Waals surface area contributed by atoms with Crippen LogP contribution in [0.15, 0.2) is 21.5 Å². The number of halogens is 2. The molecule has 0 heterocycles. The number of anilines is 1. The molecule has 0 radical (unpaired) electrons. The second-order valence-corrected chi connectivity index (χ2v) is 8.14. The number of methoxy groups -OCH3 is 1. The molecule has 0 bridgehead atoms. The van der Waals surface area contributed by atoms with Gasteiger partial charge in [-0.15, -0.1) is 0 Å². The maximum atomic E-state index is 14.0. The highest BCUT2D eigenvalue weighted by molar-refractivity contribution is 9.10. The van der Waals surface area contributed by atoms with E-state index >= 15 is 0 Å². The fourth-order valence-electron chi connectivity index (χ4n) is 1.61. The highest BCUT2D eigenvalue weighted by Crippen LogP contribution is 2.27. The van der Waals surface area contributed by atoms with Crippen molar-refractivity contribution in [3.8, 4) is 0 Å². The minimum absolute atomic E-state index is 0.0153. The van der Waals surface area contributed by atoms with Crippen molar-refractivity contribution in [1.82, 2.24) is 4.72 Å². The summed E-state index contributed by atoms with van der Waals surface area (Å²) in [5, 5.41) is 0. The maximum Gasteiger partial charge on any atom is 0.243 e. The standard InChI is InChI=1S/C13H20BrFN2O3S/c1-13(2,4-5-20-3)8-17-21(18,19)11-7-9(16)6-10(14)12(11)15/h6-7,17H,4-5,8,16H2,1-3H3. The zero-order valence-electron chi connectivity index (χ0n) is 12.2. The summed E-state index contributed by atoms with van der Waals surface area (Å²) >= 11 is 2.95. The summed E-state index contributed by atoms with van der Waals surface area (Å²) in [5.74, 6) is -0.855. The predicted molar refractivity (Wildman–Crippen MR) is 84.0 cm³/mol. The van der Waals surface area contributed by atoms with Crippen LogP contribution in [0, 0.1) is 11.2 Å². The van der Waals surface area contributed by atoms with E-state index in [9.17, 15) is 12.8 Å². The summed E-state index contributed by atoms with van der Waals surface area (Å²) < 4.78 is 45.8. The molecule has 0 unspecified atom stereocenters. The van der Waals surface area contributed by atoms with Crippen LogP contribution in [0.4, 0.5) is 10.1 Å². The third-order valence-electron chi connectivity index (χ3n) is 3.03. The lowest BCUT2D eigenvalue weighted by Gasteiger charge is -2.24. The van der Waals surface area contributed by atoms with Crippen molar-refractivity contribution in [3.63, 3.8) is 0 Å². The van der Waals surface area contributed by atoms with E-state index in [1.807, 2.05) is 13.8 Å². The minimum Gasteiger partial charge on any atom is -0.399 e. The first-order valence-corrected chi connectivity index (χ1v) is 8.60. The van der Waals surface area contributed by atoms with Crippen molar-refractivity contribution < 1.29 is 17.5 Å². The number of hydrogen-bond acceptors (Lipinski definition) is 4. The summed E-state index contributed by atoms with van der Waals surface area (Å²) in [4.78, 5) is -0.461. The lowest BCUT2D eigenvalue weighted by atomic mass is 9.90. The van der Waals surface area contributed by atoms with Gasteiger partial charge in [0.05, 0.1) is 4.47 Å². The molecule has 120 valence electrons. The number of nitrogen functional groups attached to an aromatic ring is 1. The smallest absolute Gasteiger partial charge is 0.243 e. The molecule has 5 nitrogen and oxygen atoms in total. The van der Waals surface area contributed by atoms with Crippen molar-refractivity contribution in [2.75, 3.05) is 26.0 Å². The summed E-state index contributed by atoms with van der Waals surface area (Å²) in [6, 6.07) is 2.42. The number of sulfonamides is 1. The molecular weight excluding hydrogens is 363 g/mol. The monoisotopic (exact) mass is 382 g/mol. The maximum absolute atomic E-state index is 14.0. The van der Waals surface area contributed by atoms with E-state index in [4.69, 9.17) is 10.5 Å². The van der Waals surface area contributed by atoms with Gasteiger partial charge >= 0.3 is 0 Å².